The Morgan fingerprint density at radius 1 is 0.667 bits per heavy atom. The molecule has 3 saturated heterocycles. The molecular weight excluding hydrogens is 1110 g/mol. The Hall–Kier alpha value is -7.28. The van der Waals surface area contributed by atoms with Gasteiger partial charge in [-0.1, -0.05) is 87.4 Å². The van der Waals surface area contributed by atoms with Crippen LogP contribution in [0, 0.1) is 5.92 Å². The summed E-state index contributed by atoms with van der Waals surface area (Å²) in [6, 6.07) is 16.7. The molecule has 12 N–H and O–H groups in total. The van der Waals surface area contributed by atoms with Crippen molar-refractivity contribution >= 4 is 48.9 Å². The number of aliphatic hydroxyl groups excluding tert-OH is 6. The summed E-state index contributed by atoms with van der Waals surface area (Å²) in [5.74, 6) is -7.39. The van der Waals surface area contributed by atoms with Crippen molar-refractivity contribution in [1.82, 2.24) is 36.4 Å². The molecule has 3 aliphatic rings. The van der Waals surface area contributed by atoms with Gasteiger partial charge in [-0.15, -0.1) is 0 Å². The molecule has 0 radical (unpaired) electrons. The van der Waals surface area contributed by atoms with Crippen molar-refractivity contribution in [3.05, 3.63) is 108 Å². The zero-order valence-electron chi connectivity index (χ0n) is 47.4. The molecule has 4 aromatic rings. The quantitative estimate of drug-likeness (QED) is 0.0544. The smallest absolute Gasteiger partial charge is 0.373 e. The molecule has 7 amide bonds. The van der Waals surface area contributed by atoms with Gasteiger partial charge in [0.2, 0.25) is 35.4 Å². The van der Waals surface area contributed by atoms with Crippen LogP contribution in [0.15, 0.2) is 97.1 Å². The van der Waals surface area contributed by atoms with Crippen molar-refractivity contribution in [3.63, 3.8) is 0 Å². The highest BCUT2D eigenvalue weighted by atomic mass is 31.2. The monoisotopic (exact) mass is 1190 g/mol. The van der Waals surface area contributed by atoms with E-state index in [0.717, 1.165) is 77.6 Å². The number of rotatable bonds is 16. The number of hydrogen-bond acceptors (Lipinski definition) is 16. The molecule has 84 heavy (non-hydrogen) atoms. The first-order valence-electron chi connectivity index (χ1n) is 28.0. The third kappa shape index (κ3) is 16.5. The van der Waals surface area contributed by atoms with Crippen LogP contribution in [0.5, 0.6) is 11.5 Å². The lowest BCUT2D eigenvalue weighted by Gasteiger charge is -2.33. The Balaban J connectivity index is 1.15. The third-order valence-electron chi connectivity index (χ3n) is 15.1. The minimum Gasteiger partial charge on any atom is -0.494 e. The molecule has 24 nitrogen and oxygen atoms in total. The molecule has 0 aromatic heterocycles. The topological polar surface area (TPSA) is 363 Å². The number of carbonyl (C=O) groups is 7. The average molecular weight is 1190 g/mol. The number of unbranched alkanes of at least 4 members (excludes halogenated alkanes) is 2. The third-order valence-corrected chi connectivity index (χ3v) is 15.6. The van der Waals surface area contributed by atoms with Crippen molar-refractivity contribution in [3.8, 4) is 33.8 Å². The maximum Gasteiger partial charge on any atom is 0.373 e. The fourth-order valence-electron chi connectivity index (χ4n) is 10.4. The van der Waals surface area contributed by atoms with E-state index in [1.54, 1.807) is 12.1 Å². The van der Waals surface area contributed by atoms with Gasteiger partial charge in [-0.3, -0.25) is 33.6 Å². The molecule has 14 atom stereocenters. The van der Waals surface area contributed by atoms with Crippen LogP contribution in [0.4, 0.5) is 0 Å². The number of amides is 7. The van der Waals surface area contributed by atoms with Crippen LogP contribution in [0.25, 0.3) is 22.3 Å². The fraction of sp³-hybridized carbons (Fsp3) is 0.475. The maximum absolute atomic E-state index is 14.5. The average Bonchev–Trinajstić information content (AvgIpc) is 4.21. The van der Waals surface area contributed by atoms with Gasteiger partial charge in [0.05, 0.1) is 43.2 Å². The van der Waals surface area contributed by atoms with Gasteiger partial charge >= 0.3 is 7.60 Å². The summed E-state index contributed by atoms with van der Waals surface area (Å²) < 4.78 is 22.7. The molecule has 3 heterocycles. The first-order valence-corrected chi connectivity index (χ1v) is 30.1. The lowest BCUT2D eigenvalue weighted by Crippen LogP contribution is -2.64. The van der Waals surface area contributed by atoms with E-state index in [0.29, 0.717) is 12.2 Å². The van der Waals surface area contributed by atoms with E-state index in [-0.39, 0.29) is 17.9 Å². The number of β-amino-alcohol motifs (C(OH)–C–C–N with tert-alkyl or cyclic N) is 1. The molecule has 3 fully saturated rings. The molecule has 454 valence electrons. The number of aliphatic hydroxyl groups is 6. The van der Waals surface area contributed by atoms with E-state index in [2.05, 4.69) is 33.5 Å². The highest BCUT2D eigenvalue weighted by molar-refractivity contribution is 7.52. The molecule has 0 aliphatic carbocycles. The molecule has 0 bridgehead atoms. The summed E-state index contributed by atoms with van der Waals surface area (Å²) in [7, 11) is -3.96. The summed E-state index contributed by atoms with van der Waals surface area (Å²) in [6.07, 6.45) is -8.10. The van der Waals surface area contributed by atoms with Crippen molar-refractivity contribution < 1.29 is 82.9 Å². The number of carbonyl (C=O) groups excluding carboxylic acids is 7. The maximum atomic E-state index is 14.5. The van der Waals surface area contributed by atoms with Gasteiger partial charge < -0.3 is 81.2 Å². The molecule has 7 rings (SSSR count). The Bertz CT molecular complexity index is 3000. The van der Waals surface area contributed by atoms with Gasteiger partial charge in [0.1, 0.15) is 47.8 Å². The SMILES string of the molecule is CCCCCOc1ccc(-c2ccc(-c3ccc(C(=O)N[C@@H]4C[C@@H](O)CNC(=O)[C@@H]5[C@@H](O)[C@@H](C)CN5C(=O)[C@H]([C@@H](C)O)NC(=O)[C@H]([C@@H](O)Cc5ccc(OP(C)(=O)O)cc5)NC(=O)[C@@H]5C[C@@H](O)CN5C(=O)[C@H]([C@@H](C)O)NC4=O)cc3)cc2)cc1. The Labute approximate surface area is 486 Å². The van der Waals surface area contributed by atoms with Gasteiger partial charge in [-0.2, -0.15) is 0 Å². The molecular formula is C59H76N7O17P. The largest absolute Gasteiger partial charge is 0.494 e. The lowest BCUT2D eigenvalue weighted by atomic mass is 9.99. The second-order valence-corrected chi connectivity index (χ2v) is 23.7. The van der Waals surface area contributed by atoms with E-state index in [1.807, 2.05) is 48.5 Å². The van der Waals surface area contributed by atoms with Crippen molar-refractivity contribution in [2.45, 2.75) is 139 Å². The second-order valence-electron chi connectivity index (χ2n) is 21.9. The van der Waals surface area contributed by atoms with E-state index in [9.17, 15) is 73.7 Å². The van der Waals surface area contributed by atoms with Gasteiger partial charge in [-0.25, -0.2) is 4.57 Å². The lowest BCUT2D eigenvalue weighted by molar-refractivity contribution is -0.147. The normalized spacial score (nSPS) is 26.6. The first-order chi connectivity index (χ1) is 39.8. The molecule has 25 heteroatoms. The van der Waals surface area contributed by atoms with Crippen LogP contribution >= 0.6 is 7.60 Å². The summed E-state index contributed by atoms with van der Waals surface area (Å²) in [6.45, 7) is 6.18. The number of hydrogen-bond donors (Lipinski definition) is 12. The van der Waals surface area contributed by atoms with Crippen molar-refractivity contribution in [1.29, 1.82) is 0 Å². The standard InChI is InChI=1S/C59H76N7O17P/c1-6-7-8-25-82-43-23-19-39(20-24-43)37-13-11-36(12-14-37)38-15-17-40(18-16-38)53(73)61-45-27-41(69)29-60-57(77)51-52(72)32(2)30-66(51)59(79)49(34(4)68)63-56(76)50(47(71)26-35-9-21-44(22-10-35)83-84(5,80)81)64-55(75)46-28-42(70)31-65(46)58(78)48(33(3)67)62-54(45)74/h9-24,32-34,41-42,45-52,67-72H,6-8,25-31H2,1-5H3,(H,60,77)(H,61,73)(H,62,74)(H,63,76)(H,64,75)(H,80,81)/t32-,33+,34+,41+,42+,45+,46-,47-,48-,49-,50-,51-,52-/m0/s1. The zero-order chi connectivity index (χ0) is 61.2. The summed E-state index contributed by atoms with van der Waals surface area (Å²) in [5, 5.41) is 79.8. The van der Waals surface area contributed by atoms with Crippen molar-refractivity contribution in [2.75, 3.05) is 32.9 Å². The van der Waals surface area contributed by atoms with Crippen LogP contribution in [-0.4, -0.2) is 192 Å². The minimum absolute atomic E-state index is 0.00727. The van der Waals surface area contributed by atoms with Crippen LogP contribution in [0.3, 0.4) is 0 Å². The molecule has 0 saturated carbocycles. The fourth-order valence-corrected chi connectivity index (χ4v) is 10.9. The van der Waals surface area contributed by atoms with Gasteiger partial charge in [0.15, 0.2) is 0 Å². The highest BCUT2D eigenvalue weighted by Crippen LogP contribution is 2.38. The molecule has 1 unspecified atom stereocenters. The van der Waals surface area contributed by atoms with Gasteiger partial charge in [-0.05, 0) is 84.5 Å². The zero-order valence-corrected chi connectivity index (χ0v) is 48.3. The molecule has 3 aliphatic heterocycles. The first kappa shape index (κ1) is 64.3. The number of benzene rings is 4. The Morgan fingerprint density at radius 3 is 1.75 bits per heavy atom. The van der Waals surface area contributed by atoms with E-state index >= 15 is 0 Å². The van der Waals surface area contributed by atoms with E-state index < -0.39 is 160 Å². The molecule has 4 aromatic carbocycles. The molecule has 0 spiro atoms. The number of nitrogens with zero attached hydrogens (tertiary/aromatic N) is 2. The highest BCUT2D eigenvalue weighted by Gasteiger charge is 2.49. The minimum atomic E-state index is -3.96. The summed E-state index contributed by atoms with van der Waals surface area (Å²) >= 11 is 0. The van der Waals surface area contributed by atoms with Crippen LogP contribution in [0.1, 0.15) is 75.7 Å². The van der Waals surface area contributed by atoms with Crippen LogP contribution in [-0.2, 0) is 39.8 Å². The van der Waals surface area contributed by atoms with Crippen LogP contribution < -0.4 is 35.8 Å². The Kier molecular flexibility index (Phi) is 21.8. The summed E-state index contributed by atoms with van der Waals surface area (Å²) in [5.41, 5.74) is 3.92. The predicted molar refractivity (Wildman–Crippen MR) is 306 cm³/mol. The Morgan fingerprint density at radius 2 is 1.19 bits per heavy atom. The second kappa shape index (κ2) is 28.5. The van der Waals surface area contributed by atoms with Crippen LogP contribution in [0.2, 0.25) is 0 Å². The van der Waals surface area contributed by atoms with Crippen molar-refractivity contribution in [2.24, 2.45) is 5.92 Å². The number of nitrogens with one attached hydrogen (secondary N) is 5. The summed E-state index contributed by atoms with van der Waals surface area (Å²) in [4.78, 5) is 112. The van der Waals surface area contributed by atoms with E-state index in [1.165, 1.54) is 43.3 Å². The number of fused-ring (bicyclic) bond motifs is 2. The van der Waals surface area contributed by atoms with E-state index in [4.69, 9.17) is 9.26 Å². The number of ether oxygens (including phenoxy) is 1. The van der Waals surface area contributed by atoms with Gasteiger partial charge in [0, 0.05) is 57.0 Å². The van der Waals surface area contributed by atoms with Gasteiger partial charge in [0.25, 0.3) is 5.91 Å². The predicted octanol–water partition coefficient (Wildman–Crippen LogP) is 0.752.